The highest BCUT2D eigenvalue weighted by atomic mass is 35.5. The summed E-state index contributed by atoms with van der Waals surface area (Å²) >= 11 is 5.88. The summed E-state index contributed by atoms with van der Waals surface area (Å²) in [4.78, 5) is 13.6. The summed E-state index contributed by atoms with van der Waals surface area (Å²) in [6, 6.07) is 7.22. The van der Waals surface area contributed by atoms with Crippen LogP contribution in [0.3, 0.4) is 0 Å². The third-order valence-electron chi connectivity index (χ3n) is 3.80. The van der Waals surface area contributed by atoms with Crippen molar-refractivity contribution in [1.29, 1.82) is 0 Å². The van der Waals surface area contributed by atoms with Crippen molar-refractivity contribution in [1.82, 2.24) is 10.2 Å². The average Bonchev–Trinajstić information content (AvgIpc) is 2.44. The summed E-state index contributed by atoms with van der Waals surface area (Å²) in [6.45, 7) is 4.10. The second-order valence-electron chi connectivity index (χ2n) is 5.55. The highest BCUT2D eigenvalue weighted by Gasteiger charge is 2.22. The van der Waals surface area contributed by atoms with E-state index in [1.807, 2.05) is 38.1 Å². The van der Waals surface area contributed by atoms with Crippen LogP contribution < -0.4 is 5.32 Å². The van der Waals surface area contributed by atoms with Gasteiger partial charge in [-0.25, -0.2) is 13.2 Å². The lowest BCUT2D eigenvalue weighted by Crippen LogP contribution is -2.45. The molecule has 7 heteroatoms. The van der Waals surface area contributed by atoms with E-state index >= 15 is 0 Å². The van der Waals surface area contributed by atoms with Crippen LogP contribution in [0.15, 0.2) is 24.3 Å². The van der Waals surface area contributed by atoms with Gasteiger partial charge in [-0.3, -0.25) is 0 Å². The number of nitrogens with zero attached hydrogens (tertiary/aromatic N) is 1. The summed E-state index contributed by atoms with van der Waals surface area (Å²) in [7, 11) is -1.37. The maximum atomic E-state index is 12.1. The maximum absolute atomic E-state index is 12.1. The van der Waals surface area contributed by atoms with Gasteiger partial charge in [-0.1, -0.05) is 30.7 Å². The van der Waals surface area contributed by atoms with Gasteiger partial charge in [-0.05, 0) is 24.6 Å². The Morgan fingerprint density at radius 1 is 1.27 bits per heavy atom. The number of benzene rings is 1. The molecule has 0 unspecified atom stereocenters. The summed E-state index contributed by atoms with van der Waals surface area (Å²) in [5.41, 5.74) is 1.09. The second-order valence-corrected chi connectivity index (χ2v) is 8.25. The van der Waals surface area contributed by atoms with E-state index in [-0.39, 0.29) is 30.3 Å². The first kappa shape index (κ1) is 18.8. The zero-order chi connectivity index (χ0) is 16.9. The van der Waals surface area contributed by atoms with Gasteiger partial charge in [0, 0.05) is 36.8 Å². The Labute approximate surface area is 137 Å². The van der Waals surface area contributed by atoms with Gasteiger partial charge in [-0.2, -0.15) is 0 Å². The number of carbonyl (C=O) groups is 1. The van der Waals surface area contributed by atoms with Crippen molar-refractivity contribution in [3.63, 3.8) is 0 Å². The molecule has 22 heavy (non-hydrogen) atoms. The van der Waals surface area contributed by atoms with Crippen LogP contribution in [0.5, 0.6) is 0 Å². The van der Waals surface area contributed by atoms with Crippen molar-refractivity contribution in [3.8, 4) is 0 Å². The topological polar surface area (TPSA) is 66.5 Å². The monoisotopic (exact) mass is 346 g/mol. The molecule has 0 saturated heterocycles. The highest BCUT2D eigenvalue weighted by molar-refractivity contribution is 7.90. The molecule has 124 valence electrons. The number of amides is 2. The molecule has 0 aliphatic heterocycles. The Bertz CT molecular complexity index is 602. The van der Waals surface area contributed by atoms with E-state index in [1.165, 1.54) is 0 Å². The van der Waals surface area contributed by atoms with Crippen molar-refractivity contribution in [3.05, 3.63) is 34.9 Å². The minimum absolute atomic E-state index is 0.0422. The third-order valence-corrected chi connectivity index (χ3v) is 5.00. The van der Waals surface area contributed by atoms with Crippen LogP contribution in [-0.4, -0.2) is 51.0 Å². The summed E-state index contributed by atoms with van der Waals surface area (Å²) in [5.74, 6) is 0.0659. The number of carbonyl (C=O) groups excluding carboxylic acids is 1. The van der Waals surface area contributed by atoms with Crippen molar-refractivity contribution < 1.29 is 13.2 Å². The van der Waals surface area contributed by atoms with Gasteiger partial charge < -0.3 is 10.2 Å². The quantitative estimate of drug-likeness (QED) is 0.860. The molecule has 1 rings (SSSR count). The van der Waals surface area contributed by atoms with Gasteiger partial charge in [0.25, 0.3) is 0 Å². The Balaban J connectivity index is 2.61. The van der Waals surface area contributed by atoms with Gasteiger partial charge in [0.2, 0.25) is 0 Å². The summed E-state index contributed by atoms with van der Waals surface area (Å²) in [5, 5.41) is 3.30. The lowest BCUT2D eigenvalue weighted by molar-refractivity contribution is 0.188. The molecule has 0 bridgehead atoms. The largest absolute Gasteiger partial charge is 0.337 e. The summed E-state index contributed by atoms with van der Waals surface area (Å²) < 4.78 is 22.1. The van der Waals surface area contributed by atoms with E-state index in [1.54, 1.807) is 11.9 Å². The smallest absolute Gasteiger partial charge is 0.317 e. The molecule has 0 fully saturated rings. The van der Waals surface area contributed by atoms with Crippen LogP contribution in [0.2, 0.25) is 5.02 Å². The predicted molar refractivity (Wildman–Crippen MR) is 90.2 cm³/mol. The Morgan fingerprint density at radius 2 is 1.82 bits per heavy atom. The fraction of sp³-hybridized carbons (Fsp3) is 0.533. The fourth-order valence-electron chi connectivity index (χ4n) is 2.03. The zero-order valence-electron chi connectivity index (χ0n) is 13.3. The van der Waals surface area contributed by atoms with E-state index in [0.717, 1.165) is 11.8 Å². The molecular formula is C15H23ClN2O3S. The van der Waals surface area contributed by atoms with Crippen molar-refractivity contribution in [2.24, 2.45) is 0 Å². The molecule has 0 spiro atoms. The van der Waals surface area contributed by atoms with Gasteiger partial charge in [-0.15, -0.1) is 0 Å². The van der Waals surface area contributed by atoms with Gasteiger partial charge in [0.15, 0.2) is 0 Å². The average molecular weight is 347 g/mol. The number of likely N-dealkylation sites (N-methyl/N-ethyl adjacent to an activating group) is 1. The van der Waals surface area contributed by atoms with E-state index in [9.17, 15) is 13.2 Å². The number of hydrogen-bond acceptors (Lipinski definition) is 3. The SMILES string of the molecule is C[C@@H](c1ccc(Cl)cc1)[C@H](C)N(C)C(=O)NCCS(C)(=O)=O. The molecule has 1 N–H and O–H groups in total. The maximum Gasteiger partial charge on any atom is 0.317 e. The molecule has 1 aromatic rings. The first-order valence-electron chi connectivity index (χ1n) is 7.05. The normalized spacial score (nSPS) is 14.2. The number of rotatable bonds is 6. The Kier molecular flexibility index (Phi) is 6.68. The molecule has 2 atom stereocenters. The van der Waals surface area contributed by atoms with Crippen molar-refractivity contribution >= 4 is 27.5 Å². The standard InChI is InChI=1S/C15H23ClN2O3S/c1-11(13-5-7-14(16)8-6-13)12(2)18(3)15(19)17-9-10-22(4,20)21/h5-8,11-12H,9-10H2,1-4H3,(H,17,19)/t11-,12+/m1/s1. The van der Waals surface area contributed by atoms with E-state index in [2.05, 4.69) is 5.32 Å². The highest BCUT2D eigenvalue weighted by Crippen LogP contribution is 2.23. The van der Waals surface area contributed by atoms with Crippen LogP contribution in [0, 0.1) is 0 Å². The first-order valence-corrected chi connectivity index (χ1v) is 9.49. The number of urea groups is 1. The van der Waals surface area contributed by atoms with E-state index in [0.29, 0.717) is 5.02 Å². The molecular weight excluding hydrogens is 324 g/mol. The molecule has 0 saturated carbocycles. The van der Waals surface area contributed by atoms with Gasteiger partial charge in [0.05, 0.1) is 5.75 Å². The number of nitrogens with one attached hydrogen (secondary N) is 1. The van der Waals surface area contributed by atoms with Gasteiger partial charge in [0.1, 0.15) is 9.84 Å². The van der Waals surface area contributed by atoms with E-state index < -0.39 is 9.84 Å². The molecule has 0 aromatic heterocycles. The predicted octanol–water partition coefficient (Wildman–Crippen LogP) is 2.52. The van der Waals surface area contributed by atoms with Crippen LogP contribution in [0.25, 0.3) is 0 Å². The van der Waals surface area contributed by atoms with Crippen LogP contribution in [0.4, 0.5) is 4.79 Å². The summed E-state index contributed by atoms with van der Waals surface area (Å²) in [6.07, 6.45) is 1.15. The van der Waals surface area contributed by atoms with Crippen molar-refractivity contribution in [2.45, 2.75) is 25.8 Å². The molecule has 5 nitrogen and oxygen atoms in total. The fourth-order valence-corrected chi connectivity index (χ4v) is 2.63. The molecule has 0 radical (unpaired) electrons. The number of sulfone groups is 1. The van der Waals surface area contributed by atoms with Crippen molar-refractivity contribution in [2.75, 3.05) is 25.6 Å². The van der Waals surface area contributed by atoms with Crippen LogP contribution in [-0.2, 0) is 9.84 Å². The molecule has 0 aliphatic carbocycles. The minimum Gasteiger partial charge on any atom is -0.337 e. The Morgan fingerprint density at radius 3 is 2.32 bits per heavy atom. The van der Waals surface area contributed by atoms with Crippen LogP contribution >= 0.6 is 11.6 Å². The lowest BCUT2D eigenvalue weighted by atomic mass is 9.94. The third kappa shape index (κ3) is 5.85. The lowest BCUT2D eigenvalue weighted by Gasteiger charge is -2.30. The number of halogens is 1. The molecule has 2 amide bonds. The van der Waals surface area contributed by atoms with Gasteiger partial charge >= 0.3 is 6.03 Å². The second kappa shape index (κ2) is 7.83. The number of hydrogen-bond donors (Lipinski definition) is 1. The van der Waals surface area contributed by atoms with E-state index in [4.69, 9.17) is 11.6 Å². The molecule has 0 aliphatic rings. The minimum atomic E-state index is -3.07. The zero-order valence-corrected chi connectivity index (χ0v) is 14.9. The molecule has 0 heterocycles. The first-order chi connectivity index (χ1) is 10.1. The Hall–Kier alpha value is -1.27. The molecule has 1 aromatic carbocycles. The van der Waals surface area contributed by atoms with Crippen LogP contribution in [0.1, 0.15) is 25.3 Å².